The van der Waals surface area contributed by atoms with Crippen LogP contribution in [0.15, 0.2) is 24.3 Å². The molecule has 1 fully saturated rings. The van der Waals surface area contributed by atoms with Crippen LogP contribution in [-0.4, -0.2) is 34.7 Å². The number of nitrogens with one attached hydrogen (secondary N) is 1. The Morgan fingerprint density at radius 2 is 2.18 bits per heavy atom. The number of H-pyrrole nitrogens is 1. The van der Waals surface area contributed by atoms with Crippen molar-refractivity contribution in [2.45, 2.75) is 45.1 Å². The van der Waals surface area contributed by atoms with E-state index in [-0.39, 0.29) is 5.41 Å². The van der Waals surface area contributed by atoms with Gasteiger partial charge in [0, 0.05) is 29.7 Å². The van der Waals surface area contributed by atoms with E-state index in [9.17, 15) is 5.11 Å². The molecule has 0 aliphatic carbocycles. The highest BCUT2D eigenvalue weighted by Crippen LogP contribution is 2.53. The van der Waals surface area contributed by atoms with E-state index in [0.29, 0.717) is 12.6 Å². The smallest absolute Gasteiger partial charge is 0.0559 e. The third-order valence-electron chi connectivity index (χ3n) is 6.15. The molecule has 2 aliphatic heterocycles. The first-order valence-electron chi connectivity index (χ1n) is 8.73. The van der Waals surface area contributed by atoms with Crippen LogP contribution < -0.4 is 0 Å². The predicted octanol–water partition coefficient (Wildman–Crippen LogP) is 3.64. The largest absolute Gasteiger partial charge is 0.396 e. The van der Waals surface area contributed by atoms with Crippen LogP contribution in [0.4, 0.5) is 0 Å². The van der Waals surface area contributed by atoms with Gasteiger partial charge in [-0.05, 0) is 55.7 Å². The van der Waals surface area contributed by atoms with Crippen molar-refractivity contribution >= 4 is 10.9 Å². The SMILES string of the molecule is CC[C@@]1(CCO)CCCN2CCc3c([nH]c4ccccc34)[C@@H]21. The fourth-order valence-electron chi connectivity index (χ4n) is 5.03. The quantitative estimate of drug-likeness (QED) is 0.908. The topological polar surface area (TPSA) is 39.3 Å². The van der Waals surface area contributed by atoms with Crippen molar-refractivity contribution in [2.24, 2.45) is 5.41 Å². The summed E-state index contributed by atoms with van der Waals surface area (Å²) >= 11 is 0. The fourth-order valence-corrected chi connectivity index (χ4v) is 5.03. The van der Waals surface area contributed by atoms with E-state index in [2.05, 4.69) is 41.1 Å². The molecule has 0 unspecified atom stereocenters. The van der Waals surface area contributed by atoms with Crippen LogP contribution in [0.1, 0.15) is 49.9 Å². The highest BCUT2D eigenvalue weighted by Gasteiger charge is 2.46. The summed E-state index contributed by atoms with van der Waals surface area (Å²) in [5.41, 5.74) is 4.45. The summed E-state index contributed by atoms with van der Waals surface area (Å²) in [6.45, 7) is 4.96. The molecule has 118 valence electrons. The Morgan fingerprint density at radius 3 is 3.00 bits per heavy atom. The maximum absolute atomic E-state index is 9.66. The summed E-state index contributed by atoms with van der Waals surface area (Å²) in [6.07, 6.45) is 5.71. The lowest BCUT2D eigenvalue weighted by Crippen LogP contribution is -2.49. The average Bonchev–Trinajstić information content (AvgIpc) is 2.93. The van der Waals surface area contributed by atoms with Crippen LogP contribution >= 0.6 is 0 Å². The van der Waals surface area contributed by atoms with Gasteiger partial charge >= 0.3 is 0 Å². The Hall–Kier alpha value is -1.32. The zero-order chi connectivity index (χ0) is 15.2. The van der Waals surface area contributed by atoms with Gasteiger partial charge in [0.2, 0.25) is 0 Å². The number of nitrogens with zero attached hydrogens (tertiary/aromatic N) is 1. The first kappa shape index (κ1) is 14.3. The lowest BCUT2D eigenvalue weighted by molar-refractivity contribution is -0.0169. The summed E-state index contributed by atoms with van der Waals surface area (Å²) in [5.74, 6) is 0. The van der Waals surface area contributed by atoms with Crippen LogP contribution in [0.2, 0.25) is 0 Å². The molecule has 2 atom stereocenters. The Kier molecular flexibility index (Phi) is 3.50. The summed E-state index contributed by atoms with van der Waals surface area (Å²) < 4.78 is 0. The van der Waals surface area contributed by atoms with Gasteiger partial charge in [-0.2, -0.15) is 0 Å². The van der Waals surface area contributed by atoms with E-state index in [1.54, 1.807) is 0 Å². The maximum Gasteiger partial charge on any atom is 0.0559 e. The van der Waals surface area contributed by atoms with E-state index in [4.69, 9.17) is 0 Å². The lowest BCUT2D eigenvalue weighted by Gasteiger charge is -2.52. The van der Waals surface area contributed by atoms with E-state index in [0.717, 1.165) is 25.8 Å². The van der Waals surface area contributed by atoms with Crippen molar-refractivity contribution in [3.63, 3.8) is 0 Å². The second kappa shape index (κ2) is 5.39. The molecule has 1 aromatic carbocycles. The van der Waals surface area contributed by atoms with E-state index < -0.39 is 0 Å². The van der Waals surface area contributed by atoms with Crippen LogP contribution in [0.5, 0.6) is 0 Å². The fraction of sp³-hybridized carbons (Fsp3) is 0.579. The molecule has 0 amide bonds. The minimum Gasteiger partial charge on any atom is -0.396 e. The Balaban J connectivity index is 1.88. The van der Waals surface area contributed by atoms with Gasteiger partial charge in [0.05, 0.1) is 6.04 Å². The minimum absolute atomic E-state index is 0.225. The molecule has 2 N–H and O–H groups in total. The van der Waals surface area contributed by atoms with Gasteiger partial charge in [-0.3, -0.25) is 4.90 Å². The van der Waals surface area contributed by atoms with Crippen molar-refractivity contribution in [3.05, 3.63) is 35.5 Å². The van der Waals surface area contributed by atoms with Gasteiger partial charge in [-0.25, -0.2) is 0 Å². The Labute approximate surface area is 132 Å². The molecular weight excluding hydrogens is 272 g/mol. The number of aromatic nitrogens is 1. The highest BCUT2D eigenvalue weighted by atomic mass is 16.3. The molecule has 0 bridgehead atoms. The van der Waals surface area contributed by atoms with Crippen molar-refractivity contribution in [1.82, 2.24) is 9.88 Å². The summed E-state index contributed by atoms with van der Waals surface area (Å²) in [4.78, 5) is 6.41. The van der Waals surface area contributed by atoms with Gasteiger partial charge < -0.3 is 10.1 Å². The average molecular weight is 298 g/mol. The number of rotatable bonds is 3. The molecule has 3 nitrogen and oxygen atoms in total. The standard InChI is InChI=1S/C19H26N2O/c1-2-19(10-13-22)9-5-11-21-12-8-15-14-6-3-4-7-16(14)20-17(15)18(19)21/h3-4,6-7,18,20,22H,2,5,8-13H2,1H3/t18-,19+/m1/s1. The van der Waals surface area contributed by atoms with Crippen LogP contribution in [0.25, 0.3) is 10.9 Å². The third-order valence-corrected chi connectivity index (χ3v) is 6.15. The summed E-state index contributed by atoms with van der Waals surface area (Å²) in [6, 6.07) is 9.16. The molecule has 0 spiro atoms. The zero-order valence-corrected chi connectivity index (χ0v) is 13.4. The number of hydrogen-bond donors (Lipinski definition) is 2. The number of fused-ring (bicyclic) bond motifs is 5. The van der Waals surface area contributed by atoms with Crippen molar-refractivity contribution < 1.29 is 5.11 Å². The molecule has 0 saturated carbocycles. The van der Waals surface area contributed by atoms with Gasteiger partial charge in [-0.1, -0.05) is 25.1 Å². The number of hydrogen-bond acceptors (Lipinski definition) is 2. The zero-order valence-electron chi connectivity index (χ0n) is 13.4. The first-order chi connectivity index (χ1) is 10.8. The summed E-state index contributed by atoms with van der Waals surface area (Å²) in [5, 5.41) is 11.1. The van der Waals surface area contributed by atoms with E-state index in [1.807, 2.05) is 0 Å². The number of piperidine rings is 1. The van der Waals surface area contributed by atoms with Crippen LogP contribution in [-0.2, 0) is 6.42 Å². The lowest BCUT2D eigenvalue weighted by atomic mass is 9.66. The molecule has 2 aliphatic rings. The molecule has 2 aromatic rings. The molecule has 1 aromatic heterocycles. The number of benzene rings is 1. The Bertz CT molecular complexity index is 673. The van der Waals surface area contributed by atoms with Crippen molar-refractivity contribution in [2.75, 3.05) is 19.7 Å². The van der Waals surface area contributed by atoms with Gasteiger partial charge in [0.15, 0.2) is 0 Å². The second-order valence-corrected chi connectivity index (χ2v) is 7.04. The molecule has 3 heterocycles. The number of aliphatic hydroxyl groups is 1. The normalized spacial score (nSPS) is 28.5. The maximum atomic E-state index is 9.66. The van der Waals surface area contributed by atoms with E-state index in [1.165, 1.54) is 41.5 Å². The van der Waals surface area contributed by atoms with Crippen molar-refractivity contribution in [1.29, 1.82) is 0 Å². The molecule has 1 saturated heterocycles. The molecular formula is C19H26N2O. The van der Waals surface area contributed by atoms with Gasteiger partial charge in [0.1, 0.15) is 0 Å². The van der Waals surface area contributed by atoms with E-state index >= 15 is 0 Å². The summed E-state index contributed by atoms with van der Waals surface area (Å²) in [7, 11) is 0. The molecule has 4 rings (SSSR count). The number of aromatic amines is 1. The molecule has 22 heavy (non-hydrogen) atoms. The predicted molar refractivity (Wildman–Crippen MR) is 90.0 cm³/mol. The van der Waals surface area contributed by atoms with Crippen molar-refractivity contribution in [3.8, 4) is 0 Å². The van der Waals surface area contributed by atoms with Crippen LogP contribution in [0.3, 0.4) is 0 Å². The second-order valence-electron chi connectivity index (χ2n) is 7.04. The van der Waals surface area contributed by atoms with Gasteiger partial charge in [-0.15, -0.1) is 0 Å². The highest BCUT2D eigenvalue weighted by molar-refractivity contribution is 5.85. The number of aliphatic hydroxyl groups excluding tert-OH is 1. The molecule has 3 heteroatoms. The number of para-hydroxylation sites is 1. The first-order valence-corrected chi connectivity index (χ1v) is 8.73. The van der Waals surface area contributed by atoms with Gasteiger partial charge in [0.25, 0.3) is 0 Å². The Morgan fingerprint density at radius 1 is 1.32 bits per heavy atom. The minimum atomic E-state index is 0.225. The monoisotopic (exact) mass is 298 g/mol. The molecule has 0 radical (unpaired) electrons. The third kappa shape index (κ3) is 1.95. The van der Waals surface area contributed by atoms with Crippen LogP contribution in [0, 0.1) is 5.41 Å².